The normalized spacial score (nSPS) is 15.8. The van der Waals surface area contributed by atoms with Crippen molar-refractivity contribution in [3.8, 4) is 5.69 Å². The topological polar surface area (TPSA) is 32.0 Å². The maximum atomic E-state index is 14.0. The van der Waals surface area contributed by atoms with Crippen molar-refractivity contribution < 1.29 is 13.5 Å². The maximum absolute atomic E-state index is 14.0. The Morgan fingerprint density at radius 3 is 2.52 bits per heavy atom. The summed E-state index contributed by atoms with van der Waals surface area (Å²) < 4.78 is 36.9. The van der Waals surface area contributed by atoms with Gasteiger partial charge in [-0.15, -0.1) is 0 Å². The number of hydrogen-bond donors (Lipinski definition) is 0. The summed E-state index contributed by atoms with van der Waals surface area (Å²) in [5, 5.41) is 6.41. The number of fused-ring (bicyclic) bond motifs is 2. The minimum atomic E-state index is -0.838. The van der Waals surface area contributed by atoms with Crippen molar-refractivity contribution in [3.05, 3.63) is 59.9 Å². The van der Waals surface area contributed by atoms with Crippen LogP contribution in [-0.2, 0) is 11.8 Å². The summed E-state index contributed by atoms with van der Waals surface area (Å²) in [7, 11) is 1.92. The van der Waals surface area contributed by atoms with Crippen LogP contribution in [0.1, 0.15) is 24.5 Å². The van der Waals surface area contributed by atoms with Crippen LogP contribution in [0.4, 0.5) is 8.78 Å². The number of benzene rings is 2. The van der Waals surface area contributed by atoms with Crippen molar-refractivity contribution in [2.75, 3.05) is 13.2 Å². The monoisotopic (exact) mass is 367 g/mol. The van der Waals surface area contributed by atoms with Crippen molar-refractivity contribution in [2.45, 2.75) is 18.8 Å². The van der Waals surface area contributed by atoms with Crippen LogP contribution in [0.2, 0.25) is 0 Å². The molecule has 0 aliphatic carbocycles. The first-order valence-electron chi connectivity index (χ1n) is 9.12. The van der Waals surface area contributed by atoms with Crippen molar-refractivity contribution in [1.29, 1.82) is 0 Å². The molecule has 27 heavy (non-hydrogen) atoms. The van der Waals surface area contributed by atoms with Crippen molar-refractivity contribution >= 4 is 21.8 Å². The van der Waals surface area contributed by atoms with Crippen LogP contribution in [0.15, 0.2) is 42.6 Å². The van der Waals surface area contributed by atoms with Crippen LogP contribution < -0.4 is 0 Å². The van der Waals surface area contributed by atoms with Gasteiger partial charge in [-0.3, -0.25) is 4.68 Å². The minimum Gasteiger partial charge on any atom is -0.381 e. The molecule has 1 saturated heterocycles. The highest BCUT2D eigenvalue weighted by Crippen LogP contribution is 2.36. The van der Waals surface area contributed by atoms with E-state index in [9.17, 15) is 8.78 Å². The molecule has 1 fully saturated rings. The smallest absolute Gasteiger partial charge is 0.160 e. The van der Waals surface area contributed by atoms with E-state index >= 15 is 0 Å². The molecule has 1 aliphatic rings. The number of aryl methyl sites for hydroxylation is 1. The summed E-state index contributed by atoms with van der Waals surface area (Å²) in [5.41, 5.74) is 3.77. The van der Waals surface area contributed by atoms with Gasteiger partial charge in [-0.05, 0) is 43.2 Å². The third-order valence-corrected chi connectivity index (χ3v) is 5.50. The second-order valence-electron chi connectivity index (χ2n) is 7.13. The molecule has 0 spiro atoms. The predicted molar refractivity (Wildman–Crippen MR) is 100 cm³/mol. The second kappa shape index (κ2) is 6.16. The van der Waals surface area contributed by atoms with Gasteiger partial charge in [0, 0.05) is 54.4 Å². The van der Waals surface area contributed by atoms with Gasteiger partial charge in [-0.2, -0.15) is 5.10 Å². The van der Waals surface area contributed by atoms with E-state index in [1.165, 1.54) is 12.1 Å². The Labute approximate surface area is 155 Å². The van der Waals surface area contributed by atoms with E-state index in [0.717, 1.165) is 53.6 Å². The fourth-order valence-electron chi connectivity index (χ4n) is 4.08. The van der Waals surface area contributed by atoms with E-state index < -0.39 is 11.6 Å². The van der Waals surface area contributed by atoms with Crippen LogP contribution in [0.25, 0.3) is 27.5 Å². The average Bonchev–Trinajstić information content (AvgIpc) is 3.23. The predicted octanol–water partition coefficient (Wildman–Crippen LogP) is 4.69. The van der Waals surface area contributed by atoms with Gasteiger partial charge in [0.1, 0.15) is 0 Å². The lowest BCUT2D eigenvalue weighted by molar-refractivity contribution is 0.0842. The fraction of sp³-hybridized carbons (Fsp3) is 0.286. The molecule has 0 atom stereocenters. The molecule has 4 aromatic rings. The molecule has 4 nitrogen and oxygen atoms in total. The Morgan fingerprint density at radius 2 is 1.74 bits per heavy atom. The average molecular weight is 367 g/mol. The number of aromatic nitrogens is 3. The molecule has 0 N–H and O–H groups in total. The standard InChI is InChI=1S/C21H19F2N3O/c1-25-19-8-14-9-20(13-4-6-27-7-5-13)26(21(14)10-15(19)12-24-25)16-2-3-17(22)18(23)11-16/h2-3,8-13H,4-7H2,1H3. The molecule has 6 heteroatoms. The van der Waals surface area contributed by atoms with Crippen LogP contribution >= 0.6 is 0 Å². The highest BCUT2D eigenvalue weighted by Gasteiger charge is 2.23. The lowest BCUT2D eigenvalue weighted by atomic mass is 9.96. The SMILES string of the molecule is Cn1ncc2cc3c(cc(C4CCOCC4)n3-c3ccc(F)c(F)c3)cc21. The number of ether oxygens (including phenoxy) is 1. The Morgan fingerprint density at radius 1 is 0.963 bits per heavy atom. The highest BCUT2D eigenvalue weighted by molar-refractivity contribution is 5.96. The van der Waals surface area contributed by atoms with E-state index in [0.29, 0.717) is 11.6 Å². The van der Waals surface area contributed by atoms with Crippen molar-refractivity contribution in [2.24, 2.45) is 7.05 Å². The second-order valence-corrected chi connectivity index (χ2v) is 7.13. The molecular weight excluding hydrogens is 348 g/mol. The van der Waals surface area contributed by atoms with Gasteiger partial charge in [0.15, 0.2) is 11.6 Å². The summed E-state index contributed by atoms with van der Waals surface area (Å²) in [5.74, 6) is -1.35. The summed E-state index contributed by atoms with van der Waals surface area (Å²) in [6.45, 7) is 1.44. The number of halogens is 2. The molecular formula is C21H19F2N3O. The molecule has 1 aliphatic heterocycles. The minimum absolute atomic E-state index is 0.320. The third kappa shape index (κ3) is 2.63. The first-order valence-corrected chi connectivity index (χ1v) is 9.12. The first kappa shape index (κ1) is 16.4. The van der Waals surface area contributed by atoms with E-state index in [4.69, 9.17) is 4.74 Å². The van der Waals surface area contributed by atoms with E-state index in [-0.39, 0.29) is 0 Å². The largest absolute Gasteiger partial charge is 0.381 e. The number of hydrogen-bond acceptors (Lipinski definition) is 2. The summed E-state index contributed by atoms with van der Waals surface area (Å²) >= 11 is 0. The summed E-state index contributed by atoms with van der Waals surface area (Å²) in [6.07, 6.45) is 3.66. The van der Waals surface area contributed by atoms with Crippen LogP contribution in [0, 0.1) is 11.6 Å². The molecule has 2 aromatic heterocycles. The molecule has 0 unspecified atom stereocenters. The molecule has 0 bridgehead atoms. The third-order valence-electron chi connectivity index (χ3n) is 5.50. The van der Waals surface area contributed by atoms with Crippen LogP contribution in [0.5, 0.6) is 0 Å². The van der Waals surface area contributed by atoms with Crippen molar-refractivity contribution in [1.82, 2.24) is 14.3 Å². The highest BCUT2D eigenvalue weighted by atomic mass is 19.2. The van der Waals surface area contributed by atoms with Gasteiger partial charge in [0.25, 0.3) is 0 Å². The Kier molecular flexibility index (Phi) is 3.75. The van der Waals surface area contributed by atoms with Crippen molar-refractivity contribution in [3.63, 3.8) is 0 Å². The van der Waals surface area contributed by atoms with Gasteiger partial charge < -0.3 is 9.30 Å². The zero-order valence-corrected chi connectivity index (χ0v) is 15.0. The summed E-state index contributed by atoms with van der Waals surface area (Å²) in [4.78, 5) is 0. The van der Waals surface area contributed by atoms with Gasteiger partial charge >= 0.3 is 0 Å². The van der Waals surface area contributed by atoms with Gasteiger partial charge in [-0.25, -0.2) is 8.78 Å². The molecule has 0 amide bonds. The van der Waals surface area contributed by atoms with E-state index in [1.807, 2.05) is 17.9 Å². The maximum Gasteiger partial charge on any atom is 0.160 e. The zero-order valence-electron chi connectivity index (χ0n) is 15.0. The Hall–Kier alpha value is -2.73. The zero-order chi connectivity index (χ0) is 18.5. The van der Waals surface area contributed by atoms with Gasteiger partial charge in [0.2, 0.25) is 0 Å². The van der Waals surface area contributed by atoms with Crippen LogP contribution in [0.3, 0.4) is 0 Å². The van der Waals surface area contributed by atoms with E-state index in [1.54, 1.807) is 6.07 Å². The lowest BCUT2D eigenvalue weighted by Crippen LogP contribution is -2.16. The number of rotatable bonds is 2. The van der Waals surface area contributed by atoms with Gasteiger partial charge in [-0.1, -0.05) is 0 Å². The first-order chi connectivity index (χ1) is 13.1. The Balaban J connectivity index is 1.80. The molecule has 0 saturated carbocycles. The Bertz CT molecular complexity index is 1160. The molecule has 138 valence electrons. The van der Waals surface area contributed by atoms with Gasteiger partial charge in [0.05, 0.1) is 17.2 Å². The quantitative estimate of drug-likeness (QED) is 0.515. The molecule has 3 heterocycles. The molecule has 2 aromatic carbocycles. The number of nitrogens with zero attached hydrogens (tertiary/aromatic N) is 3. The summed E-state index contributed by atoms with van der Waals surface area (Å²) in [6, 6.07) is 10.4. The lowest BCUT2D eigenvalue weighted by Gasteiger charge is -2.24. The van der Waals surface area contributed by atoms with E-state index in [2.05, 4.69) is 27.9 Å². The molecule has 5 rings (SSSR count). The fourth-order valence-corrected chi connectivity index (χ4v) is 4.08. The van der Waals surface area contributed by atoms with Crippen LogP contribution in [-0.4, -0.2) is 27.6 Å². The molecule has 0 radical (unpaired) electrons.